The Kier molecular flexibility index (Phi) is 6.52. The van der Waals surface area contributed by atoms with Gasteiger partial charge >= 0.3 is 5.97 Å². The molecule has 1 aliphatic rings. The average Bonchev–Trinajstić information content (AvgIpc) is 3.20. The molecule has 3 aromatic rings. The van der Waals surface area contributed by atoms with E-state index >= 15 is 0 Å². The number of esters is 1. The highest BCUT2D eigenvalue weighted by atomic mass is 16.5. The first-order valence-electron chi connectivity index (χ1n) is 10.5. The Bertz CT molecular complexity index is 1040. The van der Waals surface area contributed by atoms with Crippen LogP contribution in [-0.4, -0.2) is 56.2 Å². The predicted octanol–water partition coefficient (Wildman–Crippen LogP) is 3.47. The normalized spacial score (nSPS) is 14.1. The molecule has 4 rings (SSSR count). The number of fused-ring (bicyclic) bond motifs is 1. The smallest absolute Gasteiger partial charge is 0.375 e. The number of anilines is 1. The standard InChI is InChI=1S/C24H26N2O5/c1-2-29-16-20-19-10-6-7-11-21(19)31-23(20)24(28)30-17-22(27)26-14-12-25(13-15-26)18-8-4-3-5-9-18/h3-11H,2,12-17H2,1H3. The average molecular weight is 422 g/mol. The minimum atomic E-state index is -0.651. The molecule has 1 amide bonds. The Morgan fingerprint density at radius 2 is 1.68 bits per heavy atom. The maximum atomic E-state index is 12.7. The van der Waals surface area contributed by atoms with Crippen LogP contribution in [0.5, 0.6) is 0 Å². The van der Waals surface area contributed by atoms with Gasteiger partial charge in [0.15, 0.2) is 6.61 Å². The van der Waals surface area contributed by atoms with Gasteiger partial charge in [-0.3, -0.25) is 4.79 Å². The quantitative estimate of drug-likeness (QED) is 0.543. The van der Waals surface area contributed by atoms with Crippen LogP contribution in [0.3, 0.4) is 0 Å². The van der Waals surface area contributed by atoms with Crippen molar-refractivity contribution in [3.63, 3.8) is 0 Å². The van der Waals surface area contributed by atoms with Gasteiger partial charge in [0.05, 0.1) is 6.61 Å². The van der Waals surface area contributed by atoms with E-state index in [9.17, 15) is 9.59 Å². The van der Waals surface area contributed by atoms with Crippen LogP contribution in [0.15, 0.2) is 59.0 Å². The lowest BCUT2D eigenvalue weighted by Crippen LogP contribution is -2.49. The lowest BCUT2D eigenvalue weighted by atomic mass is 10.1. The van der Waals surface area contributed by atoms with Gasteiger partial charge in [-0.2, -0.15) is 0 Å². The number of carbonyl (C=O) groups is 2. The van der Waals surface area contributed by atoms with Crippen LogP contribution >= 0.6 is 0 Å². The van der Waals surface area contributed by atoms with Gasteiger partial charge in [-0.1, -0.05) is 36.4 Å². The summed E-state index contributed by atoms with van der Waals surface area (Å²) in [5.74, 6) is -0.762. The van der Waals surface area contributed by atoms with Crippen LogP contribution in [0.25, 0.3) is 11.0 Å². The van der Waals surface area contributed by atoms with E-state index in [0.717, 1.165) is 24.2 Å². The van der Waals surface area contributed by atoms with Crippen molar-refractivity contribution in [2.75, 3.05) is 44.3 Å². The number of piperazine rings is 1. The summed E-state index contributed by atoms with van der Waals surface area (Å²) < 4.78 is 16.5. The molecule has 7 heteroatoms. The summed E-state index contributed by atoms with van der Waals surface area (Å²) >= 11 is 0. The molecule has 0 N–H and O–H groups in total. The first kappa shape index (κ1) is 20.9. The van der Waals surface area contributed by atoms with Gasteiger partial charge in [-0.25, -0.2) is 4.79 Å². The van der Waals surface area contributed by atoms with Gasteiger partial charge in [0.1, 0.15) is 5.58 Å². The third-order valence-corrected chi connectivity index (χ3v) is 5.41. The number of para-hydroxylation sites is 2. The van der Waals surface area contributed by atoms with E-state index in [1.54, 1.807) is 11.0 Å². The SMILES string of the molecule is CCOCc1c(C(=O)OCC(=O)N2CCN(c3ccccc3)CC2)oc2ccccc12. The van der Waals surface area contributed by atoms with E-state index in [1.807, 2.05) is 43.3 Å². The van der Waals surface area contributed by atoms with Crippen molar-refractivity contribution >= 4 is 28.5 Å². The van der Waals surface area contributed by atoms with E-state index < -0.39 is 5.97 Å². The molecule has 0 bridgehead atoms. The minimum Gasteiger partial charge on any atom is -0.450 e. The number of rotatable bonds is 7. The summed E-state index contributed by atoms with van der Waals surface area (Å²) in [6.45, 7) is 5.00. The summed E-state index contributed by atoms with van der Waals surface area (Å²) in [6, 6.07) is 17.5. The summed E-state index contributed by atoms with van der Waals surface area (Å²) in [6.07, 6.45) is 0. The van der Waals surface area contributed by atoms with Crippen molar-refractivity contribution in [3.05, 3.63) is 65.9 Å². The highest BCUT2D eigenvalue weighted by molar-refractivity contribution is 5.96. The Morgan fingerprint density at radius 3 is 2.42 bits per heavy atom. The molecule has 1 aromatic heterocycles. The van der Waals surface area contributed by atoms with Crippen LogP contribution in [0.1, 0.15) is 23.0 Å². The molecular formula is C24H26N2O5. The lowest BCUT2D eigenvalue weighted by Gasteiger charge is -2.36. The number of ether oxygens (including phenoxy) is 2. The highest BCUT2D eigenvalue weighted by Gasteiger charge is 2.25. The molecule has 7 nitrogen and oxygen atoms in total. The molecule has 162 valence electrons. The van der Waals surface area contributed by atoms with E-state index in [2.05, 4.69) is 17.0 Å². The van der Waals surface area contributed by atoms with Crippen LogP contribution in [0.4, 0.5) is 5.69 Å². The molecule has 2 aromatic carbocycles. The molecule has 0 saturated carbocycles. The molecule has 0 unspecified atom stereocenters. The number of furan rings is 1. The molecule has 1 saturated heterocycles. The van der Waals surface area contributed by atoms with Crippen LogP contribution < -0.4 is 4.90 Å². The third kappa shape index (κ3) is 4.72. The second-order valence-electron chi connectivity index (χ2n) is 7.32. The molecule has 0 atom stereocenters. The van der Waals surface area contributed by atoms with Gasteiger partial charge in [-0.15, -0.1) is 0 Å². The molecule has 2 heterocycles. The van der Waals surface area contributed by atoms with Gasteiger partial charge < -0.3 is 23.7 Å². The maximum absolute atomic E-state index is 12.7. The van der Waals surface area contributed by atoms with Crippen LogP contribution in [0, 0.1) is 0 Å². The van der Waals surface area contributed by atoms with Crippen molar-refractivity contribution in [1.29, 1.82) is 0 Å². The first-order valence-corrected chi connectivity index (χ1v) is 10.5. The topological polar surface area (TPSA) is 72.2 Å². The Labute approximate surface area is 181 Å². The largest absolute Gasteiger partial charge is 0.450 e. The van der Waals surface area contributed by atoms with E-state index in [-0.39, 0.29) is 24.9 Å². The van der Waals surface area contributed by atoms with Crippen molar-refractivity contribution in [1.82, 2.24) is 4.90 Å². The zero-order valence-electron chi connectivity index (χ0n) is 17.6. The van der Waals surface area contributed by atoms with Crippen LogP contribution in [0.2, 0.25) is 0 Å². The monoisotopic (exact) mass is 422 g/mol. The fourth-order valence-electron chi connectivity index (χ4n) is 3.75. The molecule has 0 aliphatic carbocycles. The van der Waals surface area contributed by atoms with Crippen molar-refractivity contribution in [3.8, 4) is 0 Å². The van der Waals surface area contributed by atoms with Crippen LogP contribution in [-0.2, 0) is 20.9 Å². The predicted molar refractivity (Wildman–Crippen MR) is 117 cm³/mol. The summed E-state index contributed by atoms with van der Waals surface area (Å²) in [5, 5.41) is 0.811. The highest BCUT2D eigenvalue weighted by Crippen LogP contribution is 2.27. The fraction of sp³-hybridized carbons (Fsp3) is 0.333. The number of nitrogens with zero attached hydrogens (tertiary/aromatic N) is 2. The Morgan fingerprint density at radius 1 is 0.968 bits per heavy atom. The van der Waals surface area contributed by atoms with Crippen molar-refractivity contribution in [2.45, 2.75) is 13.5 Å². The van der Waals surface area contributed by atoms with Crippen molar-refractivity contribution in [2.24, 2.45) is 0 Å². The molecule has 0 spiro atoms. The number of carbonyl (C=O) groups excluding carboxylic acids is 2. The summed E-state index contributed by atoms with van der Waals surface area (Å²) in [7, 11) is 0. The molecule has 0 radical (unpaired) electrons. The second kappa shape index (κ2) is 9.66. The number of hydrogen-bond acceptors (Lipinski definition) is 6. The first-order chi connectivity index (χ1) is 15.2. The Hall–Kier alpha value is -3.32. The number of benzene rings is 2. The number of hydrogen-bond donors (Lipinski definition) is 0. The zero-order chi connectivity index (χ0) is 21.6. The van der Waals surface area contributed by atoms with Gasteiger partial charge in [0, 0.05) is 49.4 Å². The van der Waals surface area contributed by atoms with Crippen molar-refractivity contribution < 1.29 is 23.5 Å². The van der Waals surface area contributed by atoms with Gasteiger partial charge in [-0.05, 0) is 25.1 Å². The Balaban J connectivity index is 1.35. The fourth-order valence-corrected chi connectivity index (χ4v) is 3.75. The molecule has 31 heavy (non-hydrogen) atoms. The number of amides is 1. The second-order valence-corrected chi connectivity index (χ2v) is 7.32. The molecular weight excluding hydrogens is 396 g/mol. The summed E-state index contributed by atoms with van der Waals surface area (Å²) in [4.78, 5) is 29.2. The summed E-state index contributed by atoms with van der Waals surface area (Å²) in [5.41, 5.74) is 2.38. The minimum absolute atomic E-state index is 0.0938. The molecule has 1 fully saturated rings. The zero-order valence-corrected chi connectivity index (χ0v) is 17.6. The lowest BCUT2D eigenvalue weighted by molar-refractivity contribution is -0.134. The maximum Gasteiger partial charge on any atom is 0.375 e. The van der Waals surface area contributed by atoms with E-state index in [1.165, 1.54) is 0 Å². The third-order valence-electron chi connectivity index (χ3n) is 5.41. The van der Waals surface area contributed by atoms with Gasteiger partial charge in [0.25, 0.3) is 5.91 Å². The molecule has 1 aliphatic heterocycles. The van der Waals surface area contributed by atoms with E-state index in [4.69, 9.17) is 13.9 Å². The van der Waals surface area contributed by atoms with Gasteiger partial charge in [0.2, 0.25) is 5.76 Å². The van der Waals surface area contributed by atoms with E-state index in [0.29, 0.717) is 30.8 Å².